The van der Waals surface area contributed by atoms with Crippen molar-refractivity contribution in [2.75, 3.05) is 18.2 Å². The number of benzene rings is 2. The number of amides is 1. The number of carbonyl (C=O) groups is 2. The summed E-state index contributed by atoms with van der Waals surface area (Å²) in [6.07, 6.45) is 0. The van der Waals surface area contributed by atoms with Gasteiger partial charge in [-0.15, -0.1) is 0 Å². The Hall–Kier alpha value is -2.82. The van der Waals surface area contributed by atoms with E-state index in [2.05, 4.69) is 10.1 Å². The number of carbonyl (C=O) groups excluding carboxylic acids is 2. The lowest BCUT2D eigenvalue weighted by molar-refractivity contribution is 0.0600. The Morgan fingerprint density at radius 2 is 1.85 bits per heavy atom. The first kappa shape index (κ1) is 13.6. The lowest BCUT2D eigenvalue weighted by Crippen LogP contribution is -2.14. The van der Waals surface area contributed by atoms with Gasteiger partial charge in [0.1, 0.15) is 0 Å². The van der Waals surface area contributed by atoms with Crippen molar-refractivity contribution in [3.8, 4) is 0 Å². The van der Waals surface area contributed by atoms with Crippen molar-refractivity contribution in [1.29, 1.82) is 0 Å². The number of nitrogens with two attached hydrogens (primary N) is 1. The predicted octanol–water partition coefficient (Wildman–Crippen LogP) is 2.31. The third-order valence-electron chi connectivity index (χ3n) is 2.75. The monoisotopic (exact) mass is 270 g/mol. The molecule has 102 valence electrons. The predicted molar refractivity (Wildman–Crippen MR) is 76.6 cm³/mol. The average Bonchev–Trinajstić information content (AvgIpc) is 2.47. The fraction of sp³-hybridized carbons (Fsp3) is 0.0667. The first-order chi connectivity index (χ1) is 9.61. The van der Waals surface area contributed by atoms with E-state index in [0.29, 0.717) is 22.5 Å². The highest BCUT2D eigenvalue weighted by atomic mass is 16.5. The summed E-state index contributed by atoms with van der Waals surface area (Å²) >= 11 is 0. The van der Waals surface area contributed by atoms with Gasteiger partial charge in [-0.3, -0.25) is 4.79 Å². The molecule has 2 aromatic carbocycles. The molecular weight excluding hydrogens is 256 g/mol. The average molecular weight is 270 g/mol. The van der Waals surface area contributed by atoms with Gasteiger partial charge in [-0.05, 0) is 30.3 Å². The van der Waals surface area contributed by atoms with E-state index in [1.807, 2.05) is 0 Å². The molecule has 0 aliphatic carbocycles. The van der Waals surface area contributed by atoms with Crippen molar-refractivity contribution in [3.05, 3.63) is 59.7 Å². The minimum atomic E-state index is -0.458. The molecule has 0 radical (unpaired) electrons. The zero-order valence-corrected chi connectivity index (χ0v) is 10.9. The number of rotatable bonds is 3. The number of hydrogen-bond donors (Lipinski definition) is 2. The summed E-state index contributed by atoms with van der Waals surface area (Å²) in [5, 5.41) is 2.69. The van der Waals surface area contributed by atoms with Gasteiger partial charge < -0.3 is 15.8 Å². The van der Waals surface area contributed by atoms with E-state index in [9.17, 15) is 9.59 Å². The summed E-state index contributed by atoms with van der Waals surface area (Å²) in [5.41, 5.74) is 7.39. The summed E-state index contributed by atoms with van der Waals surface area (Å²) in [6, 6.07) is 13.3. The van der Waals surface area contributed by atoms with E-state index in [1.165, 1.54) is 7.11 Å². The van der Waals surface area contributed by atoms with Crippen molar-refractivity contribution >= 4 is 23.3 Å². The number of methoxy groups -OCH3 is 1. The van der Waals surface area contributed by atoms with E-state index in [4.69, 9.17) is 5.73 Å². The molecule has 0 heterocycles. The fourth-order valence-electron chi connectivity index (χ4n) is 1.74. The highest BCUT2D eigenvalue weighted by molar-refractivity contribution is 6.08. The minimum absolute atomic E-state index is 0.329. The standard InChI is InChI=1S/C15H14N2O3/c1-20-15(19)10-5-4-6-11(9-10)17-14(18)12-7-2-3-8-13(12)16/h2-9H,16H2,1H3,(H,17,18). The van der Waals surface area contributed by atoms with Gasteiger partial charge in [-0.1, -0.05) is 18.2 Å². The Morgan fingerprint density at radius 3 is 2.55 bits per heavy atom. The van der Waals surface area contributed by atoms with Gasteiger partial charge in [0.05, 0.1) is 18.2 Å². The minimum Gasteiger partial charge on any atom is -0.465 e. The number of nitrogen functional groups attached to an aromatic ring is 1. The van der Waals surface area contributed by atoms with Crippen LogP contribution in [0.1, 0.15) is 20.7 Å². The van der Waals surface area contributed by atoms with Gasteiger partial charge in [0.2, 0.25) is 0 Å². The van der Waals surface area contributed by atoms with E-state index in [0.717, 1.165) is 0 Å². The maximum Gasteiger partial charge on any atom is 0.337 e. The Bertz CT molecular complexity index is 653. The summed E-state index contributed by atoms with van der Waals surface area (Å²) < 4.78 is 4.63. The van der Waals surface area contributed by atoms with Crippen LogP contribution < -0.4 is 11.1 Å². The Labute approximate surface area is 116 Å². The largest absolute Gasteiger partial charge is 0.465 e. The van der Waals surface area contributed by atoms with Gasteiger partial charge in [-0.2, -0.15) is 0 Å². The quantitative estimate of drug-likeness (QED) is 0.662. The van der Waals surface area contributed by atoms with E-state index >= 15 is 0 Å². The molecule has 0 spiro atoms. The van der Waals surface area contributed by atoms with Crippen molar-refractivity contribution in [2.24, 2.45) is 0 Å². The third-order valence-corrected chi connectivity index (χ3v) is 2.75. The summed E-state index contributed by atoms with van der Waals surface area (Å²) in [6.45, 7) is 0. The molecule has 0 bridgehead atoms. The molecule has 0 fully saturated rings. The second kappa shape index (κ2) is 5.88. The van der Waals surface area contributed by atoms with Gasteiger partial charge in [0.15, 0.2) is 0 Å². The second-order valence-corrected chi connectivity index (χ2v) is 4.11. The first-order valence-corrected chi connectivity index (χ1v) is 5.96. The van der Waals surface area contributed by atoms with Crippen molar-refractivity contribution in [2.45, 2.75) is 0 Å². The molecule has 0 atom stereocenters. The van der Waals surface area contributed by atoms with Gasteiger partial charge in [-0.25, -0.2) is 4.79 Å². The SMILES string of the molecule is COC(=O)c1cccc(NC(=O)c2ccccc2N)c1. The van der Waals surface area contributed by atoms with Crippen LogP contribution in [0.2, 0.25) is 0 Å². The van der Waals surface area contributed by atoms with E-state index < -0.39 is 5.97 Å². The molecule has 0 aliphatic heterocycles. The zero-order valence-electron chi connectivity index (χ0n) is 10.9. The number of para-hydroxylation sites is 1. The summed E-state index contributed by atoms with van der Waals surface area (Å²) in [4.78, 5) is 23.5. The van der Waals surface area contributed by atoms with Crippen LogP contribution in [0, 0.1) is 0 Å². The lowest BCUT2D eigenvalue weighted by atomic mass is 10.1. The Kier molecular flexibility index (Phi) is 4.00. The molecule has 0 saturated carbocycles. The number of hydrogen-bond acceptors (Lipinski definition) is 4. The smallest absolute Gasteiger partial charge is 0.337 e. The van der Waals surface area contributed by atoms with Crippen LogP contribution in [-0.2, 0) is 4.74 Å². The van der Waals surface area contributed by atoms with Crippen molar-refractivity contribution in [3.63, 3.8) is 0 Å². The molecule has 2 aromatic rings. The Balaban J connectivity index is 2.20. The summed E-state index contributed by atoms with van der Waals surface area (Å²) in [7, 11) is 1.30. The molecule has 5 heteroatoms. The van der Waals surface area contributed by atoms with E-state index in [-0.39, 0.29) is 5.91 Å². The molecule has 0 saturated heterocycles. The van der Waals surface area contributed by atoms with Crippen molar-refractivity contribution < 1.29 is 14.3 Å². The van der Waals surface area contributed by atoms with Gasteiger partial charge in [0.25, 0.3) is 5.91 Å². The number of nitrogens with one attached hydrogen (secondary N) is 1. The van der Waals surface area contributed by atoms with Crippen LogP contribution in [0.15, 0.2) is 48.5 Å². The third kappa shape index (κ3) is 2.95. The molecular formula is C15H14N2O3. The topological polar surface area (TPSA) is 81.4 Å². The van der Waals surface area contributed by atoms with Crippen LogP contribution in [0.25, 0.3) is 0 Å². The molecule has 20 heavy (non-hydrogen) atoms. The zero-order chi connectivity index (χ0) is 14.5. The molecule has 1 amide bonds. The van der Waals surface area contributed by atoms with E-state index in [1.54, 1.807) is 48.5 Å². The highest BCUT2D eigenvalue weighted by Gasteiger charge is 2.11. The van der Waals surface area contributed by atoms with Crippen LogP contribution in [0.3, 0.4) is 0 Å². The molecule has 0 aromatic heterocycles. The fourth-order valence-corrected chi connectivity index (χ4v) is 1.74. The van der Waals surface area contributed by atoms with Crippen LogP contribution in [0.4, 0.5) is 11.4 Å². The van der Waals surface area contributed by atoms with Gasteiger partial charge >= 0.3 is 5.97 Å². The molecule has 0 unspecified atom stereocenters. The van der Waals surface area contributed by atoms with Gasteiger partial charge in [0, 0.05) is 11.4 Å². The van der Waals surface area contributed by atoms with Crippen LogP contribution in [-0.4, -0.2) is 19.0 Å². The molecule has 3 N–H and O–H groups in total. The van der Waals surface area contributed by atoms with Crippen LogP contribution in [0.5, 0.6) is 0 Å². The Morgan fingerprint density at radius 1 is 1.10 bits per heavy atom. The number of anilines is 2. The number of ether oxygens (including phenoxy) is 1. The maximum absolute atomic E-state index is 12.1. The second-order valence-electron chi connectivity index (χ2n) is 4.11. The van der Waals surface area contributed by atoms with Crippen LogP contribution >= 0.6 is 0 Å². The maximum atomic E-state index is 12.1. The normalized spacial score (nSPS) is 9.85. The van der Waals surface area contributed by atoms with Crippen molar-refractivity contribution in [1.82, 2.24) is 0 Å². The first-order valence-electron chi connectivity index (χ1n) is 5.96. The summed E-state index contributed by atoms with van der Waals surface area (Å²) in [5.74, 6) is -0.787. The highest BCUT2D eigenvalue weighted by Crippen LogP contribution is 2.16. The number of esters is 1. The molecule has 2 rings (SSSR count). The lowest BCUT2D eigenvalue weighted by Gasteiger charge is -2.08. The molecule has 5 nitrogen and oxygen atoms in total. The molecule has 0 aliphatic rings.